The number of rotatable bonds is 7. The number of carbonyl (C=O) groups is 1. The van der Waals surface area contributed by atoms with Crippen LogP contribution in [-0.4, -0.2) is 41.9 Å². The largest absolute Gasteiger partial charge is 0.492 e. The molecular formula is C26H31N3O2S. The van der Waals surface area contributed by atoms with E-state index < -0.39 is 0 Å². The Morgan fingerprint density at radius 3 is 2.56 bits per heavy atom. The molecule has 0 unspecified atom stereocenters. The van der Waals surface area contributed by atoms with Gasteiger partial charge in [-0.05, 0) is 75.4 Å². The molecular weight excluding hydrogens is 418 g/mol. The third-order valence-electron chi connectivity index (χ3n) is 5.89. The maximum absolute atomic E-state index is 12.2. The molecule has 168 valence electrons. The van der Waals surface area contributed by atoms with E-state index in [9.17, 15) is 4.79 Å². The Labute approximate surface area is 194 Å². The fourth-order valence-electron chi connectivity index (χ4n) is 3.84. The molecule has 2 aromatic carbocycles. The molecule has 1 saturated carbocycles. The van der Waals surface area contributed by atoms with E-state index in [1.807, 2.05) is 30.3 Å². The highest BCUT2D eigenvalue weighted by molar-refractivity contribution is 7.12. The van der Waals surface area contributed by atoms with Gasteiger partial charge in [-0.1, -0.05) is 35.9 Å². The number of hydrogen-bond acceptors (Lipinski definition) is 6. The second-order valence-electron chi connectivity index (χ2n) is 8.51. The van der Waals surface area contributed by atoms with Gasteiger partial charge in [0.15, 0.2) is 0 Å². The van der Waals surface area contributed by atoms with Crippen molar-refractivity contribution in [3.8, 4) is 5.75 Å². The highest BCUT2D eigenvalue weighted by Gasteiger charge is 2.24. The zero-order chi connectivity index (χ0) is 22.3. The minimum Gasteiger partial charge on any atom is -0.492 e. The van der Waals surface area contributed by atoms with Gasteiger partial charge in [0.05, 0.1) is 5.51 Å². The minimum atomic E-state index is -0.0208. The van der Waals surface area contributed by atoms with Gasteiger partial charge in [-0.25, -0.2) is 4.98 Å². The molecule has 2 aliphatic rings. The minimum absolute atomic E-state index is 0.0208. The summed E-state index contributed by atoms with van der Waals surface area (Å²) in [7, 11) is 0. The zero-order valence-corrected chi connectivity index (χ0v) is 19.4. The first-order chi connectivity index (χ1) is 15.6. The van der Waals surface area contributed by atoms with E-state index in [1.165, 1.54) is 61.2 Å². The first kappa shape index (κ1) is 22.5. The SMILES string of the molecule is Cc1ccc(OCCN2CCCC2)cc1.Nc1ncsc1C(=O)c1cccc(C2CC2)c1. The molecule has 32 heavy (non-hydrogen) atoms. The standard InChI is InChI=1S/C13H12N2OS.C13H19NO/c14-13-12(17-7-15-13)11(16)10-3-1-2-9(6-10)8-4-5-8;1-12-4-6-13(7-5-12)15-11-10-14-8-2-3-9-14/h1-3,6-8H,4-5,14H2;4-7H,2-3,8-11H2,1H3. The molecule has 0 atom stereocenters. The second-order valence-corrected chi connectivity index (χ2v) is 9.36. The molecule has 1 aromatic heterocycles. The summed E-state index contributed by atoms with van der Waals surface area (Å²) in [6, 6.07) is 16.1. The molecule has 1 saturated heterocycles. The molecule has 0 spiro atoms. The van der Waals surface area contributed by atoms with Gasteiger partial charge >= 0.3 is 0 Å². The van der Waals surface area contributed by atoms with Gasteiger partial charge in [-0.3, -0.25) is 9.69 Å². The average molecular weight is 450 g/mol. The lowest BCUT2D eigenvalue weighted by molar-refractivity contribution is 0.104. The van der Waals surface area contributed by atoms with Crippen molar-refractivity contribution in [2.24, 2.45) is 0 Å². The van der Waals surface area contributed by atoms with Crippen LogP contribution in [0, 0.1) is 6.92 Å². The molecule has 2 fully saturated rings. The normalized spacial score (nSPS) is 15.8. The summed E-state index contributed by atoms with van der Waals surface area (Å²) < 4.78 is 5.68. The molecule has 6 heteroatoms. The molecule has 2 heterocycles. The number of ketones is 1. The van der Waals surface area contributed by atoms with E-state index >= 15 is 0 Å². The number of anilines is 1. The number of aryl methyl sites for hydroxylation is 1. The molecule has 2 N–H and O–H groups in total. The average Bonchev–Trinajstić information content (AvgIpc) is 3.37. The lowest BCUT2D eigenvalue weighted by atomic mass is 10.0. The second kappa shape index (κ2) is 10.7. The predicted octanol–water partition coefficient (Wildman–Crippen LogP) is 5.30. The van der Waals surface area contributed by atoms with Crippen molar-refractivity contribution >= 4 is 22.9 Å². The topological polar surface area (TPSA) is 68.5 Å². The van der Waals surface area contributed by atoms with Gasteiger partial charge < -0.3 is 10.5 Å². The monoisotopic (exact) mass is 449 g/mol. The number of nitrogen functional groups attached to an aromatic ring is 1. The number of carbonyl (C=O) groups excluding carboxylic acids is 1. The summed E-state index contributed by atoms with van der Waals surface area (Å²) in [6.45, 7) is 6.46. The Balaban J connectivity index is 0.000000155. The van der Waals surface area contributed by atoms with Crippen LogP contribution in [0.15, 0.2) is 54.0 Å². The Kier molecular flexibility index (Phi) is 7.55. The van der Waals surface area contributed by atoms with E-state index in [4.69, 9.17) is 10.5 Å². The summed E-state index contributed by atoms with van der Waals surface area (Å²) in [6.07, 6.45) is 5.18. The molecule has 3 aromatic rings. The number of hydrogen-bond donors (Lipinski definition) is 1. The third kappa shape index (κ3) is 6.17. The smallest absolute Gasteiger partial charge is 0.206 e. The quantitative estimate of drug-likeness (QED) is 0.496. The molecule has 0 radical (unpaired) electrons. The van der Waals surface area contributed by atoms with Crippen molar-refractivity contribution in [2.75, 3.05) is 32.0 Å². The van der Waals surface area contributed by atoms with Crippen molar-refractivity contribution in [1.29, 1.82) is 0 Å². The van der Waals surface area contributed by atoms with Crippen molar-refractivity contribution in [2.45, 2.75) is 38.5 Å². The number of ether oxygens (including phenoxy) is 1. The molecule has 1 aliphatic heterocycles. The molecule has 0 amide bonds. The number of thiazole rings is 1. The Morgan fingerprint density at radius 2 is 1.91 bits per heavy atom. The Morgan fingerprint density at radius 1 is 1.16 bits per heavy atom. The maximum atomic E-state index is 12.2. The van der Waals surface area contributed by atoms with Gasteiger partial charge in [0.1, 0.15) is 23.1 Å². The zero-order valence-electron chi connectivity index (χ0n) is 18.6. The lowest BCUT2D eigenvalue weighted by Gasteiger charge is -2.14. The van der Waals surface area contributed by atoms with Crippen LogP contribution in [0.4, 0.5) is 5.82 Å². The van der Waals surface area contributed by atoms with Crippen molar-refractivity contribution in [3.05, 3.63) is 75.6 Å². The summed E-state index contributed by atoms with van der Waals surface area (Å²) in [4.78, 5) is 19.1. The summed E-state index contributed by atoms with van der Waals surface area (Å²) in [5.74, 6) is 1.95. The molecule has 5 nitrogen and oxygen atoms in total. The number of benzene rings is 2. The fourth-order valence-corrected chi connectivity index (χ4v) is 4.51. The van der Waals surface area contributed by atoms with Crippen LogP contribution in [0.25, 0.3) is 0 Å². The Bertz CT molecular complexity index is 1020. The maximum Gasteiger partial charge on any atom is 0.206 e. The van der Waals surface area contributed by atoms with E-state index in [2.05, 4.69) is 35.0 Å². The van der Waals surface area contributed by atoms with E-state index in [1.54, 1.807) is 5.51 Å². The van der Waals surface area contributed by atoms with Gasteiger partial charge in [0, 0.05) is 12.1 Å². The lowest BCUT2D eigenvalue weighted by Crippen LogP contribution is -2.25. The van der Waals surface area contributed by atoms with E-state index in [-0.39, 0.29) is 5.78 Å². The highest BCUT2D eigenvalue weighted by Crippen LogP contribution is 2.40. The molecule has 1 aliphatic carbocycles. The summed E-state index contributed by atoms with van der Waals surface area (Å²) in [5.41, 5.74) is 10.5. The van der Waals surface area contributed by atoms with Gasteiger partial charge in [-0.15, -0.1) is 11.3 Å². The number of nitrogens with two attached hydrogens (primary N) is 1. The van der Waals surface area contributed by atoms with E-state index in [0.29, 0.717) is 22.2 Å². The van der Waals surface area contributed by atoms with Crippen molar-refractivity contribution in [3.63, 3.8) is 0 Å². The number of aromatic nitrogens is 1. The summed E-state index contributed by atoms with van der Waals surface area (Å²) >= 11 is 1.30. The van der Waals surface area contributed by atoms with Crippen LogP contribution in [0.2, 0.25) is 0 Å². The predicted molar refractivity (Wildman–Crippen MR) is 131 cm³/mol. The van der Waals surface area contributed by atoms with Crippen molar-refractivity contribution in [1.82, 2.24) is 9.88 Å². The van der Waals surface area contributed by atoms with Crippen LogP contribution < -0.4 is 10.5 Å². The van der Waals surface area contributed by atoms with Crippen LogP contribution in [-0.2, 0) is 0 Å². The van der Waals surface area contributed by atoms with Crippen LogP contribution in [0.3, 0.4) is 0 Å². The van der Waals surface area contributed by atoms with Crippen LogP contribution in [0.1, 0.15) is 58.0 Å². The van der Waals surface area contributed by atoms with Gasteiger partial charge in [0.25, 0.3) is 0 Å². The summed E-state index contributed by atoms with van der Waals surface area (Å²) in [5, 5.41) is 0. The molecule has 5 rings (SSSR count). The number of likely N-dealkylation sites (tertiary alicyclic amines) is 1. The first-order valence-electron chi connectivity index (χ1n) is 11.4. The van der Waals surface area contributed by atoms with Crippen molar-refractivity contribution < 1.29 is 9.53 Å². The van der Waals surface area contributed by atoms with E-state index in [0.717, 1.165) is 18.9 Å². The third-order valence-corrected chi connectivity index (χ3v) is 6.74. The first-order valence-corrected chi connectivity index (χ1v) is 12.2. The van der Waals surface area contributed by atoms with Gasteiger partial charge in [-0.2, -0.15) is 0 Å². The van der Waals surface area contributed by atoms with Crippen LogP contribution >= 0.6 is 11.3 Å². The van der Waals surface area contributed by atoms with Gasteiger partial charge in [0.2, 0.25) is 5.78 Å². The molecule has 0 bridgehead atoms. The Hall–Kier alpha value is -2.70. The highest BCUT2D eigenvalue weighted by atomic mass is 32.1. The van der Waals surface area contributed by atoms with Crippen LogP contribution in [0.5, 0.6) is 5.75 Å². The number of nitrogens with zero attached hydrogens (tertiary/aromatic N) is 2. The fraction of sp³-hybridized carbons (Fsp3) is 0.385.